The number of carbonyl (C=O) groups excluding carboxylic acids is 1. The third-order valence-electron chi connectivity index (χ3n) is 1.61. The number of rotatable bonds is 4. The zero-order valence-electron chi connectivity index (χ0n) is 7.42. The third kappa shape index (κ3) is 3.31. The predicted molar refractivity (Wildman–Crippen MR) is 37.6 cm³/mol. The smallest absolute Gasteiger partial charge is 0.340 e. The van der Waals surface area contributed by atoms with Gasteiger partial charge in [-0.3, -0.25) is 0 Å². The fourth-order valence-corrected chi connectivity index (χ4v) is 0.793. The Morgan fingerprint density at radius 3 is 2.67 bits per heavy atom. The zero-order valence-corrected chi connectivity index (χ0v) is 7.42. The second-order valence-electron chi connectivity index (χ2n) is 2.81. The molecule has 8 heteroatoms. The Morgan fingerprint density at radius 2 is 2.20 bits per heavy atom. The van der Waals surface area contributed by atoms with E-state index in [2.05, 4.69) is 14.2 Å². The first-order valence-electron chi connectivity index (χ1n) is 3.95. The van der Waals surface area contributed by atoms with Crippen molar-refractivity contribution in [1.29, 1.82) is 0 Å². The van der Waals surface area contributed by atoms with E-state index in [-0.39, 0.29) is 13.4 Å². The van der Waals surface area contributed by atoms with Crippen molar-refractivity contribution in [3.05, 3.63) is 0 Å². The van der Waals surface area contributed by atoms with Gasteiger partial charge in [-0.05, 0) is 0 Å². The molecule has 1 atom stereocenters. The zero-order chi connectivity index (χ0) is 11.5. The van der Waals surface area contributed by atoms with E-state index in [1.54, 1.807) is 0 Å². The Labute approximate surface area is 82.1 Å². The van der Waals surface area contributed by atoms with Crippen molar-refractivity contribution in [2.75, 3.05) is 20.0 Å². The van der Waals surface area contributed by atoms with Crippen LogP contribution in [0, 0.1) is 0 Å². The summed E-state index contributed by atoms with van der Waals surface area (Å²) in [5, 5.41) is 0. The SMILES string of the molecule is O=C(OCC(F)(F)C(F)F)C1COCO1. The number of hydrogen-bond acceptors (Lipinski definition) is 4. The molecule has 0 bridgehead atoms. The largest absolute Gasteiger partial charge is 0.457 e. The van der Waals surface area contributed by atoms with Crippen LogP contribution in [0.3, 0.4) is 0 Å². The predicted octanol–water partition coefficient (Wildman–Crippen LogP) is 0.803. The van der Waals surface area contributed by atoms with E-state index in [1.807, 2.05) is 0 Å². The average Bonchev–Trinajstić information content (AvgIpc) is 2.66. The molecule has 88 valence electrons. The van der Waals surface area contributed by atoms with Gasteiger partial charge in [0.15, 0.2) is 12.7 Å². The fourth-order valence-electron chi connectivity index (χ4n) is 0.793. The first kappa shape index (κ1) is 12.2. The van der Waals surface area contributed by atoms with Crippen molar-refractivity contribution in [2.24, 2.45) is 0 Å². The summed E-state index contributed by atoms with van der Waals surface area (Å²) in [7, 11) is 0. The van der Waals surface area contributed by atoms with Crippen LogP contribution in [0.4, 0.5) is 17.6 Å². The summed E-state index contributed by atoms with van der Waals surface area (Å²) in [6.45, 7) is -1.94. The minimum absolute atomic E-state index is 0.126. The van der Waals surface area contributed by atoms with E-state index in [0.717, 1.165) is 0 Å². The molecule has 0 radical (unpaired) electrons. The second kappa shape index (κ2) is 4.75. The summed E-state index contributed by atoms with van der Waals surface area (Å²) in [6.07, 6.45) is -4.98. The van der Waals surface area contributed by atoms with Crippen LogP contribution in [0.1, 0.15) is 0 Å². The lowest BCUT2D eigenvalue weighted by Crippen LogP contribution is -2.36. The minimum Gasteiger partial charge on any atom is -0.457 e. The van der Waals surface area contributed by atoms with Crippen LogP contribution in [-0.2, 0) is 19.0 Å². The molecular weight excluding hydrogens is 224 g/mol. The molecule has 1 aliphatic rings. The van der Waals surface area contributed by atoms with Crippen LogP contribution in [0.25, 0.3) is 0 Å². The highest BCUT2D eigenvalue weighted by molar-refractivity contribution is 5.75. The maximum atomic E-state index is 12.3. The highest BCUT2D eigenvalue weighted by atomic mass is 19.3. The van der Waals surface area contributed by atoms with Crippen LogP contribution in [0.2, 0.25) is 0 Å². The molecular formula is C7H8F4O4. The standard InChI is InChI=1S/C7H8F4O4/c8-6(9)7(10,11)2-14-5(12)4-1-13-3-15-4/h4,6H,1-3H2. The van der Waals surface area contributed by atoms with Gasteiger partial charge in [0.05, 0.1) is 6.61 Å². The number of carbonyl (C=O) groups is 1. The maximum absolute atomic E-state index is 12.3. The number of esters is 1. The van der Waals surface area contributed by atoms with Gasteiger partial charge in [0.25, 0.3) is 0 Å². The van der Waals surface area contributed by atoms with Gasteiger partial charge in [0.1, 0.15) is 6.79 Å². The Hall–Kier alpha value is -0.890. The summed E-state index contributed by atoms with van der Waals surface area (Å²) in [5.74, 6) is -5.47. The molecule has 0 amide bonds. The van der Waals surface area contributed by atoms with Gasteiger partial charge in [-0.2, -0.15) is 8.78 Å². The molecule has 0 aromatic rings. The molecule has 1 fully saturated rings. The van der Waals surface area contributed by atoms with Gasteiger partial charge < -0.3 is 14.2 Å². The average molecular weight is 232 g/mol. The Bertz CT molecular complexity index is 227. The van der Waals surface area contributed by atoms with Gasteiger partial charge in [0.2, 0.25) is 0 Å². The monoisotopic (exact) mass is 232 g/mol. The fraction of sp³-hybridized carbons (Fsp3) is 0.857. The molecule has 1 unspecified atom stereocenters. The van der Waals surface area contributed by atoms with E-state index in [4.69, 9.17) is 0 Å². The van der Waals surface area contributed by atoms with Gasteiger partial charge in [0, 0.05) is 0 Å². The van der Waals surface area contributed by atoms with Crippen LogP contribution in [-0.4, -0.2) is 44.4 Å². The third-order valence-corrected chi connectivity index (χ3v) is 1.61. The van der Waals surface area contributed by atoms with E-state index in [1.165, 1.54) is 0 Å². The molecule has 0 spiro atoms. The molecule has 0 N–H and O–H groups in total. The normalized spacial score (nSPS) is 22.1. The first-order chi connectivity index (χ1) is 6.93. The Kier molecular flexibility index (Phi) is 3.86. The highest BCUT2D eigenvalue weighted by Crippen LogP contribution is 2.23. The van der Waals surface area contributed by atoms with Crippen LogP contribution < -0.4 is 0 Å². The number of hydrogen-bond donors (Lipinski definition) is 0. The van der Waals surface area contributed by atoms with E-state index >= 15 is 0 Å². The lowest BCUT2D eigenvalue weighted by atomic mass is 10.3. The number of ether oxygens (including phenoxy) is 3. The van der Waals surface area contributed by atoms with Crippen molar-refractivity contribution in [1.82, 2.24) is 0 Å². The van der Waals surface area contributed by atoms with E-state index in [9.17, 15) is 22.4 Å². The lowest BCUT2D eigenvalue weighted by Gasteiger charge is -2.16. The molecule has 0 aliphatic carbocycles. The van der Waals surface area contributed by atoms with Crippen molar-refractivity contribution in [2.45, 2.75) is 18.5 Å². The first-order valence-corrected chi connectivity index (χ1v) is 3.95. The van der Waals surface area contributed by atoms with Crippen LogP contribution in [0.15, 0.2) is 0 Å². The van der Waals surface area contributed by atoms with Crippen molar-refractivity contribution < 1.29 is 36.6 Å². The number of halogens is 4. The topological polar surface area (TPSA) is 44.8 Å². The van der Waals surface area contributed by atoms with Crippen molar-refractivity contribution >= 4 is 5.97 Å². The van der Waals surface area contributed by atoms with Gasteiger partial charge in [-0.25, -0.2) is 13.6 Å². The summed E-state index contributed by atoms with van der Waals surface area (Å²) >= 11 is 0. The maximum Gasteiger partial charge on any atom is 0.340 e. The highest BCUT2D eigenvalue weighted by Gasteiger charge is 2.43. The van der Waals surface area contributed by atoms with Crippen molar-refractivity contribution in [3.63, 3.8) is 0 Å². The van der Waals surface area contributed by atoms with Gasteiger partial charge >= 0.3 is 18.3 Å². The van der Waals surface area contributed by atoms with Gasteiger partial charge in [-0.15, -0.1) is 0 Å². The molecule has 4 nitrogen and oxygen atoms in total. The number of alkyl halides is 4. The summed E-state index contributed by atoms with van der Waals surface area (Å²) < 4.78 is 61.1. The molecule has 1 heterocycles. The molecule has 15 heavy (non-hydrogen) atoms. The quantitative estimate of drug-likeness (QED) is 0.531. The van der Waals surface area contributed by atoms with Crippen LogP contribution >= 0.6 is 0 Å². The second-order valence-corrected chi connectivity index (χ2v) is 2.81. The summed E-state index contributed by atoms with van der Waals surface area (Å²) in [6, 6.07) is 0. The molecule has 0 saturated carbocycles. The Balaban J connectivity index is 2.33. The summed E-state index contributed by atoms with van der Waals surface area (Å²) in [4.78, 5) is 10.9. The molecule has 0 aromatic heterocycles. The molecule has 1 rings (SSSR count). The van der Waals surface area contributed by atoms with Gasteiger partial charge in [-0.1, -0.05) is 0 Å². The van der Waals surface area contributed by atoms with Crippen LogP contribution in [0.5, 0.6) is 0 Å². The lowest BCUT2D eigenvalue weighted by molar-refractivity contribution is -0.185. The minimum atomic E-state index is -4.34. The molecule has 1 saturated heterocycles. The molecule has 1 aliphatic heterocycles. The molecule has 0 aromatic carbocycles. The van der Waals surface area contributed by atoms with E-state index < -0.39 is 31.0 Å². The van der Waals surface area contributed by atoms with E-state index in [0.29, 0.717) is 0 Å². The van der Waals surface area contributed by atoms with Crippen molar-refractivity contribution in [3.8, 4) is 0 Å². The summed E-state index contributed by atoms with van der Waals surface area (Å²) in [5.41, 5.74) is 0. The Morgan fingerprint density at radius 1 is 1.53 bits per heavy atom.